The third kappa shape index (κ3) is 4.04. The van der Waals surface area contributed by atoms with Crippen LogP contribution in [0.15, 0.2) is 35.2 Å². The van der Waals surface area contributed by atoms with Gasteiger partial charge in [-0.3, -0.25) is 0 Å². The van der Waals surface area contributed by atoms with Crippen LogP contribution in [-0.4, -0.2) is 19.6 Å². The summed E-state index contributed by atoms with van der Waals surface area (Å²) in [5.74, 6) is -1.95. The van der Waals surface area contributed by atoms with Gasteiger partial charge in [0.1, 0.15) is 10.7 Å². The average molecular weight is 419 g/mol. The van der Waals surface area contributed by atoms with Crippen LogP contribution in [-0.2, 0) is 6.18 Å². The Kier molecular flexibility index (Phi) is 3.54. The molecule has 1 N–H and O–H groups in total. The Morgan fingerprint density at radius 1 is 0.963 bits per heavy atom. The second-order valence-corrected chi connectivity index (χ2v) is 7.96. The van der Waals surface area contributed by atoms with E-state index in [1.54, 1.807) is 0 Å². The summed E-state index contributed by atoms with van der Waals surface area (Å²) < 4.78 is 103. The standard InChI is InChI=1S/C13H9F8N5S/c1-7-6-10(26-12(22-7)24-11(25-26)13(14,15)16)23-8-2-4-9(5-3-8)27(17,18,19,20)21/h2-6,23H,1H3. The molecule has 1 aromatic carbocycles. The highest BCUT2D eigenvalue weighted by Gasteiger charge is 2.65. The summed E-state index contributed by atoms with van der Waals surface area (Å²) in [6.07, 6.45) is -4.83. The number of benzene rings is 1. The van der Waals surface area contributed by atoms with Crippen molar-refractivity contribution in [1.82, 2.24) is 19.6 Å². The monoisotopic (exact) mass is 419 g/mol. The third-order valence-corrected chi connectivity index (χ3v) is 4.43. The van der Waals surface area contributed by atoms with Gasteiger partial charge < -0.3 is 5.32 Å². The molecule has 3 rings (SSSR count). The van der Waals surface area contributed by atoms with Gasteiger partial charge in [0, 0.05) is 17.4 Å². The van der Waals surface area contributed by atoms with Crippen LogP contribution < -0.4 is 5.32 Å². The molecule has 0 saturated carbocycles. The number of hydrogen-bond donors (Lipinski definition) is 1. The van der Waals surface area contributed by atoms with Gasteiger partial charge in [-0.05, 0) is 31.2 Å². The number of nitrogens with one attached hydrogen (secondary N) is 1. The van der Waals surface area contributed by atoms with Crippen molar-refractivity contribution in [3.63, 3.8) is 0 Å². The zero-order valence-electron chi connectivity index (χ0n) is 13.1. The maximum Gasteiger partial charge on any atom is 0.453 e. The third-order valence-electron chi connectivity index (χ3n) is 3.27. The van der Waals surface area contributed by atoms with Crippen LogP contribution in [0.5, 0.6) is 0 Å². The molecule has 0 radical (unpaired) electrons. The van der Waals surface area contributed by atoms with Crippen LogP contribution in [0.3, 0.4) is 0 Å². The van der Waals surface area contributed by atoms with Crippen LogP contribution in [0.1, 0.15) is 11.5 Å². The average Bonchev–Trinajstić information content (AvgIpc) is 2.89. The Hall–Kier alpha value is -2.64. The molecule has 14 heteroatoms. The Bertz CT molecular complexity index is 1020. The Morgan fingerprint density at radius 3 is 2.07 bits per heavy atom. The molecule has 2 aromatic heterocycles. The topological polar surface area (TPSA) is 55.1 Å². The molecule has 0 unspecified atom stereocenters. The lowest BCUT2D eigenvalue weighted by atomic mass is 10.3. The number of rotatable bonds is 3. The lowest BCUT2D eigenvalue weighted by Crippen LogP contribution is -2.08. The first-order valence-corrected chi connectivity index (χ1v) is 8.91. The van der Waals surface area contributed by atoms with Crippen molar-refractivity contribution in [2.75, 3.05) is 5.32 Å². The molecule has 0 aliphatic rings. The molecule has 0 aliphatic carbocycles. The van der Waals surface area contributed by atoms with E-state index < -0.39 is 32.9 Å². The van der Waals surface area contributed by atoms with E-state index in [0.29, 0.717) is 4.52 Å². The molecule has 0 spiro atoms. The zero-order valence-corrected chi connectivity index (χ0v) is 13.9. The molecule has 148 valence electrons. The van der Waals surface area contributed by atoms with Crippen LogP contribution in [0, 0.1) is 6.92 Å². The van der Waals surface area contributed by atoms with Gasteiger partial charge in [0.15, 0.2) is 0 Å². The number of fused-ring (bicyclic) bond motifs is 1. The fourth-order valence-electron chi connectivity index (χ4n) is 2.14. The summed E-state index contributed by atoms with van der Waals surface area (Å²) in [7, 11) is -9.82. The Balaban J connectivity index is 2.01. The number of alkyl halides is 3. The molecule has 5 nitrogen and oxygen atoms in total. The van der Waals surface area contributed by atoms with Crippen molar-refractivity contribution in [2.24, 2.45) is 0 Å². The molecule has 2 heterocycles. The highest BCUT2D eigenvalue weighted by Crippen LogP contribution is 3.02. The first-order chi connectivity index (χ1) is 12.0. The smallest absolute Gasteiger partial charge is 0.340 e. The van der Waals surface area contributed by atoms with Crippen molar-refractivity contribution < 1.29 is 32.6 Å². The fourth-order valence-corrected chi connectivity index (χ4v) is 2.79. The molecule has 27 heavy (non-hydrogen) atoms. The van der Waals surface area contributed by atoms with Crippen molar-refractivity contribution in [2.45, 2.75) is 18.0 Å². The van der Waals surface area contributed by atoms with Crippen LogP contribution in [0.2, 0.25) is 0 Å². The van der Waals surface area contributed by atoms with E-state index in [1.165, 1.54) is 13.0 Å². The van der Waals surface area contributed by atoms with E-state index in [2.05, 4.69) is 20.4 Å². The summed E-state index contributed by atoms with van der Waals surface area (Å²) in [6.45, 7) is 1.45. The van der Waals surface area contributed by atoms with Gasteiger partial charge in [0.25, 0.3) is 11.6 Å². The molecule has 0 fully saturated rings. The first-order valence-electron chi connectivity index (χ1n) is 6.96. The summed E-state index contributed by atoms with van der Waals surface area (Å²) in [6, 6.07) is 3.06. The number of halogens is 8. The van der Waals surface area contributed by atoms with E-state index in [-0.39, 0.29) is 29.3 Å². The SMILES string of the molecule is Cc1cc(Nc2ccc(S(F)(F)(F)(F)F)cc2)n2nc(C(F)(F)F)nc2n1. The molecule has 3 aromatic rings. The van der Waals surface area contributed by atoms with E-state index >= 15 is 0 Å². The highest BCUT2D eigenvalue weighted by atomic mass is 32.5. The van der Waals surface area contributed by atoms with Crippen molar-refractivity contribution >= 4 is 27.5 Å². The fraction of sp³-hybridized carbons (Fsp3) is 0.154. The van der Waals surface area contributed by atoms with Crippen molar-refractivity contribution in [1.29, 1.82) is 0 Å². The predicted octanol–water partition coefficient (Wildman–Crippen LogP) is 5.85. The van der Waals surface area contributed by atoms with Gasteiger partial charge >= 0.3 is 16.4 Å². The lowest BCUT2D eigenvalue weighted by Gasteiger charge is -2.40. The number of anilines is 2. The quantitative estimate of drug-likeness (QED) is 0.541. The maximum absolute atomic E-state index is 12.8. The molecular weight excluding hydrogens is 410 g/mol. The maximum atomic E-state index is 12.8. The first kappa shape index (κ1) is 19.1. The van der Waals surface area contributed by atoms with Gasteiger partial charge in [0.05, 0.1) is 0 Å². The second-order valence-electron chi connectivity index (χ2n) is 5.55. The van der Waals surface area contributed by atoms with Crippen LogP contribution in [0.4, 0.5) is 44.1 Å². The minimum atomic E-state index is -9.82. The highest BCUT2D eigenvalue weighted by molar-refractivity contribution is 8.45. The number of nitrogens with zero attached hydrogens (tertiary/aromatic N) is 4. The molecule has 0 aliphatic heterocycles. The van der Waals surface area contributed by atoms with E-state index in [9.17, 15) is 32.6 Å². The Labute approximate surface area is 145 Å². The second kappa shape index (κ2) is 4.99. The van der Waals surface area contributed by atoms with Gasteiger partial charge in [-0.2, -0.15) is 22.7 Å². The minimum Gasteiger partial charge on any atom is -0.340 e. The summed E-state index contributed by atoms with van der Waals surface area (Å²) in [4.78, 5) is 4.94. The summed E-state index contributed by atoms with van der Waals surface area (Å²) >= 11 is 0. The van der Waals surface area contributed by atoms with E-state index in [4.69, 9.17) is 0 Å². The summed E-state index contributed by atoms with van der Waals surface area (Å²) in [5, 5.41) is 5.77. The summed E-state index contributed by atoms with van der Waals surface area (Å²) in [5.41, 5.74) is 0.159. The number of hydrogen-bond acceptors (Lipinski definition) is 4. The molecule has 0 atom stereocenters. The zero-order chi connectivity index (χ0) is 20.3. The van der Waals surface area contributed by atoms with Crippen LogP contribution in [0.25, 0.3) is 5.78 Å². The van der Waals surface area contributed by atoms with E-state index in [1.807, 2.05) is 0 Å². The molecule has 0 saturated heterocycles. The van der Waals surface area contributed by atoms with Gasteiger partial charge in [-0.25, -0.2) is 4.98 Å². The largest absolute Gasteiger partial charge is 0.453 e. The van der Waals surface area contributed by atoms with E-state index in [0.717, 1.165) is 12.1 Å². The number of aryl methyl sites for hydroxylation is 1. The van der Waals surface area contributed by atoms with Crippen molar-refractivity contribution in [3.05, 3.63) is 41.9 Å². The Morgan fingerprint density at radius 2 is 1.56 bits per heavy atom. The molecule has 0 bridgehead atoms. The van der Waals surface area contributed by atoms with Gasteiger partial charge in [0.2, 0.25) is 0 Å². The molecule has 0 amide bonds. The van der Waals surface area contributed by atoms with Gasteiger partial charge in [-0.15, -0.1) is 5.10 Å². The normalized spacial score (nSPS) is 15.4. The van der Waals surface area contributed by atoms with Crippen LogP contribution >= 0.6 is 10.2 Å². The molecular formula is C13H9F8N5S. The predicted molar refractivity (Wildman–Crippen MR) is 81.6 cm³/mol. The number of aromatic nitrogens is 4. The van der Waals surface area contributed by atoms with Crippen molar-refractivity contribution in [3.8, 4) is 0 Å². The van der Waals surface area contributed by atoms with Gasteiger partial charge in [-0.1, -0.05) is 19.4 Å². The lowest BCUT2D eigenvalue weighted by molar-refractivity contribution is -0.144. The minimum absolute atomic E-state index is 0.0865.